The van der Waals surface area contributed by atoms with Gasteiger partial charge < -0.3 is 24.6 Å². The minimum absolute atomic E-state index is 0.127. The Morgan fingerprint density at radius 1 is 0.600 bits per heavy atom. The number of phosphoric acid groups is 1. The molecule has 11 heteroatoms. The van der Waals surface area contributed by atoms with E-state index in [-0.39, 0.29) is 19.4 Å². The molecule has 10 nitrogen and oxygen atoms in total. The molecule has 0 aliphatic rings. The summed E-state index contributed by atoms with van der Waals surface area (Å²) in [6.07, 6.45) is 26.3. The van der Waals surface area contributed by atoms with E-state index >= 15 is 0 Å². The molecule has 0 rings (SSSR count). The second-order valence-electron chi connectivity index (χ2n) is 12.2. The lowest BCUT2D eigenvalue weighted by Gasteiger charge is -2.20. The van der Waals surface area contributed by atoms with Crippen LogP contribution >= 0.6 is 7.82 Å². The van der Waals surface area contributed by atoms with Gasteiger partial charge >= 0.3 is 19.8 Å². The Morgan fingerprint density at radius 3 is 1.40 bits per heavy atom. The van der Waals surface area contributed by atoms with Crippen molar-refractivity contribution in [3.05, 3.63) is 0 Å². The number of aliphatic hydroxyl groups is 2. The van der Waals surface area contributed by atoms with Crippen molar-refractivity contribution in [2.24, 2.45) is 0 Å². The topological polar surface area (TPSA) is 149 Å². The fourth-order valence-corrected chi connectivity index (χ4v) is 5.76. The summed E-state index contributed by atoms with van der Waals surface area (Å²) in [7, 11) is -4.57. The van der Waals surface area contributed by atoms with Gasteiger partial charge in [0.05, 0.1) is 19.8 Å². The van der Waals surface area contributed by atoms with Crippen LogP contribution < -0.4 is 0 Å². The molecule has 0 aromatic carbocycles. The number of rotatable bonds is 34. The SMILES string of the molecule is CCCCCCCCCCCCCCCCCCCCCCCCC(=O)OC(COC(=O)CC)COP(=O)(O)OCC(O)CO. The van der Waals surface area contributed by atoms with Crippen LogP contribution in [0, 0.1) is 0 Å². The zero-order valence-electron chi connectivity index (χ0n) is 28.6. The monoisotopic (exact) mass is 666 g/mol. The molecule has 3 atom stereocenters. The van der Waals surface area contributed by atoms with Crippen LogP contribution in [0.4, 0.5) is 0 Å². The van der Waals surface area contributed by atoms with E-state index in [4.69, 9.17) is 19.1 Å². The molecule has 0 saturated heterocycles. The highest BCUT2D eigenvalue weighted by Gasteiger charge is 2.27. The molecular weight excluding hydrogens is 599 g/mol. The first-order valence-electron chi connectivity index (χ1n) is 18.0. The Kier molecular flexibility index (Phi) is 30.8. The van der Waals surface area contributed by atoms with E-state index in [1.807, 2.05) is 0 Å². The molecule has 45 heavy (non-hydrogen) atoms. The molecule has 0 aliphatic carbocycles. The third kappa shape index (κ3) is 31.3. The molecule has 0 aliphatic heterocycles. The van der Waals surface area contributed by atoms with Gasteiger partial charge in [-0.25, -0.2) is 4.57 Å². The maximum atomic E-state index is 12.3. The Morgan fingerprint density at radius 2 is 1.00 bits per heavy atom. The van der Waals surface area contributed by atoms with Crippen LogP contribution in [0.3, 0.4) is 0 Å². The number of carbonyl (C=O) groups excluding carboxylic acids is 2. The van der Waals surface area contributed by atoms with Gasteiger partial charge in [-0.2, -0.15) is 0 Å². The van der Waals surface area contributed by atoms with Crippen molar-refractivity contribution in [2.45, 2.75) is 180 Å². The predicted molar refractivity (Wildman–Crippen MR) is 178 cm³/mol. The lowest BCUT2D eigenvalue weighted by molar-refractivity contribution is -0.161. The van der Waals surface area contributed by atoms with Gasteiger partial charge in [-0.15, -0.1) is 0 Å². The van der Waals surface area contributed by atoms with Crippen LogP contribution in [0.5, 0.6) is 0 Å². The average molecular weight is 667 g/mol. The molecule has 0 radical (unpaired) electrons. The zero-order chi connectivity index (χ0) is 33.4. The van der Waals surface area contributed by atoms with Gasteiger partial charge in [0.15, 0.2) is 6.10 Å². The number of esters is 2. The van der Waals surface area contributed by atoms with Crippen LogP contribution in [0.2, 0.25) is 0 Å². The zero-order valence-corrected chi connectivity index (χ0v) is 29.5. The number of phosphoric ester groups is 1. The van der Waals surface area contributed by atoms with E-state index in [9.17, 15) is 24.2 Å². The fraction of sp³-hybridized carbons (Fsp3) is 0.941. The van der Waals surface area contributed by atoms with E-state index in [1.54, 1.807) is 6.92 Å². The van der Waals surface area contributed by atoms with Gasteiger partial charge in [-0.1, -0.05) is 149 Å². The maximum absolute atomic E-state index is 12.3. The third-order valence-corrected chi connectivity index (χ3v) is 8.77. The number of hydrogen-bond acceptors (Lipinski definition) is 9. The van der Waals surface area contributed by atoms with Gasteiger partial charge in [0.2, 0.25) is 0 Å². The van der Waals surface area contributed by atoms with Crippen LogP contribution in [-0.4, -0.2) is 65.7 Å². The fourth-order valence-electron chi connectivity index (χ4n) is 4.97. The molecular formula is C34H67O10P. The molecule has 0 heterocycles. The summed E-state index contributed by atoms with van der Waals surface area (Å²) in [6, 6.07) is 0. The van der Waals surface area contributed by atoms with E-state index < -0.39 is 51.8 Å². The number of aliphatic hydroxyl groups excluding tert-OH is 2. The lowest BCUT2D eigenvalue weighted by Crippen LogP contribution is -2.29. The highest BCUT2D eigenvalue weighted by Crippen LogP contribution is 2.43. The first-order valence-corrected chi connectivity index (χ1v) is 19.5. The molecule has 0 aromatic rings. The van der Waals surface area contributed by atoms with Crippen molar-refractivity contribution in [2.75, 3.05) is 26.4 Å². The van der Waals surface area contributed by atoms with Gasteiger partial charge in [0.1, 0.15) is 12.7 Å². The third-order valence-electron chi connectivity index (χ3n) is 7.82. The summed E-state index contributed by atoms with van der Waals surface area (Å²) in [5.41, 5.74) is 0. The molecule has 0 fully saturated rings. The van der Waals surface area contributed by atoms with Gasteiger partial charge in [0.25, 0.3) is 0 Å². The quantitative estimate of drug-likeness (QED) is 0.0348. The summed E-state index contributed by atoms with van der Waals surface area (Å²) in [4.78, 5) is 33.6. The van der Waals surface area contributed by atoms with Gasteiger partial charge in [-0.05, 0) is 6.42 Å². The number of hydrogen-bond donors (Lipinski definition) is 3. The maximum Gasteiger partial charge on any atom is 0.472 e. The van der Waals surface area contributed by atoms with Crippen molar-refractivity contribution >= 4 is 19.8 Å². The highest BCUT2D eigenvalue weighted by molar-refractivity contribution is 7.47. The summed E-state index contributed by atoms with van der Waals surface area (Å²) in [5, 5.41) is 18.0. The van der Waals surface area contributed by atoms with E-state index in [2.05, 4.69) is 11.4 Å². The lowest BCUT2D eigenvalue weighted by atomic mass is 10.0. The minimum atomic E-state index is -4.57. The molecule has 0 amide bonds. The molecule has 0 spiro atoms. The van der Waals surface area contributed by atoms with Crippen molar-refractivity contribution in [3.8, 4) is 0 Å². The Labute approximate surface area is 273 Å². The molecule has 268 valence electrons. The van der Waals surface area contributed by atoms with Crippen LogP contribution in [0.1, 0.15) is 168 Å². The van der Waals surface area contributed by atoms with Gasteiger partial charge in [0, 0.05) is 12.8 Å². The number of unbranched alkanes of at least 4 members (excludes halogenated alkanes) is 21. The van der Waals surface area contributed by atoms with Crippen molar-refractivity contribution in [1.29, 1.82) is 0 Å². The summed E-state index contributed by atoms with van der Waals surface area (Å²) < 4.78 is 31.7. The minimum Gasteiger partial charge on any atom is -0.462 e. The molecule has 0 bridgehead atoms. The van der Waals surface area contributed by atoms with Crippen molar-refractivity contribution < 1.29 is 47.8 Å². The van der Waals surface area contributed by atoms with Gasteiger partial charge in [-0.3, -0.25) is 18.6 Å². The molecule has 3 unspecified atom stereocenters. The van der Waals surface area contributed by atoms with E-state index in [0.717, 1.165) is 19.3 Å². The Balaban J connectivity index is 3.78. The van der Waals surface area contributed by atoms with Crippen molar-refractivity contribution in [1.82, 2.24) is 0 Å². The van der Waals surface area contributed by atoms with E-state index in [0.29, 0.717) is 6.42 Å². The molecule has 0 aromatic heterocycles. The highest BCUT2D eigenvalue weighted by atomic mass is 31.2. The summed E-state index contributed by atoms with van der Waals surface area (Å²) in [5.74, 6) is -1.01. The largest absolute Gasteiger partial charge is 0.472 e. The first kappa shape index (κ1) is 44.0. The van der Waals surface area contributed by atoms with Crippen LogP contribution in [0.25, 0.3) is 0 Å². The average Bonchev–Trinajstić information content (AvgIpc) is 3.03. The summed E-state index contributed by atoms with van der Waals surface area (Å²) in [6.45, 7) is 1.77. The predicted octanol–water partition coefficient (Wildman–Crippen LogP) is 8.33. The standard InChI is InChI=1S/C34H67O10P/c1-3-5-6-7-8-9-10-11-12-13-14-15-16-17-18-19-20-21-22-23-24-25-26-34(38)44-32(29-41-33(37)4-2)30-43-45(39,40)42-28-31(36)27-35/h31-32,35-36H,3-30H2,1-2H3,(H,39,40). The van der Waals surface area contributed by atoms with Crippen LogP contribution in [-0.2, 0) is 32.7 Å². The number of carbonyl (C=O) groups is 2. The Hall–Kier alpha value is -1.03. The molecule has 3 N–H and O–H groups in total. The second-order valence-corrected chi connectivity index (χ2v) is 13.7. The summed E-state index contributed by atoms with van der Waals surface area (Å²) >= 11 is 0. The Bertz CT molecular complexity index is 736. The van der Waals surface area contributed by atoms with Crippen LogP contribution in [0.15, 0.2) is 0 Å². The smallest absolute Gasteiger partial charge is 0.462 e. The van der Waals surface area contributed by atoms with Crippen molar-refractivity contribution in [3.63, 3.8) is 0 Å². The normalized spacial score (nSPS) is 14.2. The first-order chi connectivity index (χ1) is 21.7. The molecule has 0 saturated carbocycles. The second kappa shape index (κ2) is 31.6. The number of ether oxygens (including phenoxy) is 2. The van der Waals surface area contributed by atoms with E-state index in [1.165, 1.54) is 116 Å².